The summed E-state index contributed by atoms with van der Waals surface area (Å²) in [6.45, 7) is 2.40. The lowest BCUT2D eigenvalue weighted by Gasteiger charge is -2.08. The standard InChI is InChI=1S/C14H14FNO/c1-10-5-12(15)8-13(6-10)16-9-11-3-2-4-14(17)7-11/h2-8,16-17H,9H2,1H3. The molecule has 88 valence electrons. The lowest BCUT2D eigenvalue weighted by Crippen LogP contribution is -1.99. The fourth-order valence-electron chi connectivity index (χ4n) is 1.71. The maximum Gasteiger partial charge on any atom is 0.125 e. The molecular weight excluding hydrogens is 217 g/mol. The number of nitrogens with one attached hydrogen (secondary N) is 1. The van der Waals surface area contributed by atoms with Crippen molar-refractivity contribution in [3.05, 3.63) is 59.4 Å². The molecule has 2 nitrogen and oxygen atoms in total. The van der Waals surface area contributed by atoms with Crippen LogP contribution in [0.2, 0.25) is 0 Å². The van der Waals surface area contributed by atoms with Crippen LogP contribution in [0, 0.1) is 12.7 Å². The molecule has 0 aliphatic carbocycles. The molecule has 0 saturated heterocycles. The maximum atomic E-state index is 13.1. The predicted molar refractivity (Wildman–Crippen MR) is 66.6 cm³/mol. The van der Waals surface area contributed by atoms with E-state index in [-0.39, 0.29) is 11.6 Å². The molecule has 0 spiro atoms. The fraction of sp³-hybridized carbons (Fsp3) is 0.143. The molecule has 2 aromatic carbocycles. The summed E-state index contributed by atoms with van der Waals surface area (Å²) >= 11 is 0. The van der Waals surface area contributed by atoms with E-state index in [4.69, 9.17) is 0 Å². The zero-order valence-corrected chi connectivity index (χ0v) is 9.57. The number of rotatable bonds is 3. The first-order valence-electron chi connectivity index (χ1n) is 5.42. The van der Waals surface area contributed by atoms with Gasteiger partial charge < -0.3 is 10.4 Å². The molecule has 0 heterocycles. The van der Waals surface area contributed by atoms with Gasteiger partial charge in [-0.3, -0.25) is 0 Å². The number of hydrogen-bond acceptors (Lipinski definition) is 2. The highest BCUT2D eigenvalue weighted by molar-refractivity contribution is 5.46. The van der Waals surface area contributed by atoms with E-state index < -0.39 is 0 Å². The molecule has 0 aliphatic heterocycles. The topological polar surface area (TPSA) is 32.3 Å². The largest absolute Gasteiger partial charge is 0.508 e. The van der Waals surface area contributed by atoms with Crippen molar-refractivity contribution in [3.63, 3.8) is 0 Å². The molecule has 0 fully saturated rings. The summed E-state index contributed by atoms with van der Waals surface area (Å²) in [4.78, 5) is 0. The van der Waals surface area contributed by atoms with Gasteiger partial charge in [0.25, 0.3) is 0 Å². The van der Waals surface area contributed by atoms with Crippen molar-refractivity contribution in [2.75, 3.05) is 5.32 Å². The van der Waals surface area contributed by atoms with Gasteiger partial charge in [0.15, 0.2) is 0 Å². The van der Waals surface area contributed by atoms with Gasteiger partial charge in [-0.05, 0) is 48.4 Å². The van der Waals surface area contributed by atoms with Gasteiger partial charge in [-0.25, -0.2) is 4.39 Å². The van der Waals surface area contributed by atoms with Crippen LogP contribution in [-0.4, -0.2) is 5.11 Å². The van der Waals surface area contributed by atoms with Crippen molar-refractivity contribution >= 4 is 5.69 Å². The lowest BCUT2D eigenvalue weighted by atomic mass is 10.2. The van der Waals surface area contributed by atoms with Crippen molar-refractivity contribution < 1.29 is 9.50 Å². The predicted octanol–water partition coefficient (Wildman–Crippen LogP) is 3.45. The summed E-state index contributed by atoms with van der Waals surface area (Å²) in [5, 5.41) is 12.4. The van der Waals surface area contributed by atoms with E-state index in [1.54, 1.807) is 18.2 Å². The van der Waals surface area contributed by atoms with E-state index in [0.29, 0.717) is 6.54 Å². The normalized spacial score (nSPS) is 10.2. The van der Waals surface area contributed by atoms with E-state index in [2.05, 4.69) is 5.32 Å². The second-order valence-corrected chi connectivity index (χ2v) is 4.04. The molecule has 0 atom stereocenters. The number of halogens is 1. The molecule has 3 heteroatoms. The molecule has 0 radical (unpaired) electrons. The zero-order valence-electron chi connectivity index (χ0n) is 9.57. The van der Waals surface area contributed by atoms with Crippen molar-refractivity contribution in [1.29, 1.82) is 0 Å². The molecule has 0 saturated carbocycles. The average Bonchev–Trinajstić information content (AvgIpc) is 2.25. The minimum atomic E-state index is -0.247. The third-order valence-electron chi connectivity index (χ3n) is 2.45. The van der Waals surface area contributed by atoms with Crippen molar-refractivity contribution in [3.8, 4) is 5.75 Å². The van der Waals surface area contributed by atoms with Crippen LogP contribution in [-0.2, 0) is 6.54 Å². The fourth-order valence-corrected chi connectivity index (χ4v) is 1.71. The van der Waals surface area contributed by atoms with Gasteiger partial charge in [0.05, 0.1) is 0 Å². The van der Waals surface area contributed by atoms with Gasteiger partial charge in [-0.1, -0.05) is 12.1 Å². The van der Waals surface area contributed by atoms with E-state index >= 15 is 0 Å². The van der Waals surface area contributed by atoms with Gasteiger partial charge in [0.2, 0.25) is 0 Å². The lowest BCUT2D eigenvalue weighted by molar-refractivity contribution is 0.474. The van der Waals surface area contributed by atoms with Gasteiger partial charge in [-0.15, -0.1) is 0 Å². The molecule has 0 aliphatic rings. The van der Waals surface area contributed by atoms with Gasteiger partial charge in [0.1, 0.15) is 11.6 Å². The van der Waals surface area contributed by atoms with Crippen LogP contribution in [0.4, 0.5) is 10.1 Å². The SMILES string of the molecule is Cc1cc(F)cc(NCc2cccc(O)c2)c1. The van der Waals surface area contributed by atoms with E-state index in [0.717, 1.165) is 16.8 Å². The van der Waals surface area contributed by atoms with Crippen LogP contribution in [0.1, 0.15) is 11.1 Å². The molecule has 2 N–H and O–H groups in total. The highest BCUT2D eigenvalue weighted by Gasteiger charge is 1.99. The first kappa shape index (κ1) is 11.5. The number of phenolic OH excluding ortho intramolecular Hbond substituents is 1. The Kier molecular flexibility index (Phi) is 3.28. The van der Waals surface area contributed by atoms with Crippen molar-refractivity contribution in [2.24, 2.45) is 0 Å². The Bertz CT molecular complexity index is 505. The quantitative estimate of drug-likeness (QED) is 0.848. The summed E-state index contributed by atoms with van der Waals surface area (Å²) in [5.41, 5.74) is 2.57. The summed E-state index contributed by atoms with van der Waals surface area (Å²) in [5.74, 6) is -0.0110. The molecule has 0 unspecified atom stereocenters. The molecule has 0 amide bonds. The second-order valence-electron chi connectivity index (χ2n) is 4.04. The first-order chi connectivity index (χ1) is 8.13. The van der Waals surface area contributed by atoms with Crippen LogP contribution < -0.4 is 5.32 Å². The van der Waals surface area contributed by atoms with Crippen LogP contribution in [0.5, 0.6) is 5.75 Å². The Balaban J connectivity index is 2.07. The minimum Gasteiger partial charge on any atom is -0.508 e. The average molecular weight is 231 g/mol. The highest BCUT2D eigenvalue weighted by atomic mass is 19.1. The number of phenols is 1. The summed E-state index contributed by atoms with van der Waals surface area (Å²) in [6.07, 6.45) is 0. The highest BCUT2D eigenvalue weighted by Crippen LogP contribution is 2.16. The number of aromatic hydroxyl groups is 1. The minimum absolute atomic E-state index is 0.236. The van der Waals surface area contributed by atoms with Gasteiger partial charge >= 0.3 is 0 Å². The second kappa shape index (κ2) is 4.87. The monoisotopic (exact) mass is 231 g/mol. The molecule has 2 rings (SSSR count). The third-order valence-corrected chi connectivity index (χ3v) is 2.45. The number of anilines is 1. The number of hydrogen-bond donors (Lipinski definition) is 2. The Morgan fingerprint density at radius 1 is 1.18 bits per heavy atom. The Labute approximate surface area is 99.7 Å². The van der Waals surface area contributed by atoms with E-state index in [1.165, 1.54) is 12.1 Å². The zero-order chi connectivity index (χ0) is 12.3. The molecule has 2 aromatic rings. The van der Waals surface area contributed by atoms with Gasteiger partial charge in [0, 0.05) is 12.2 Å². The Hall–Kier alpha value is -2.03. The maximum absolute atomic E-state index is 13.1. The third kappa shape index (κ3) is 3.21. The summed E-state index contributed by atoms with van der Waals surface area (Å²) < 4.78 is 13.1. The number of benzene rings is 2. The van der Waals surface area contributed by atoms with Crippen LogP contribution in [0.15, 0.2) is 42.5 Å². The van der Waals surface area contributed by atoms with Gasteiger partial charge in [-0.2, -0.15) is 0 Å². The summed E-state index contributed by atoms with van der Waals surface area (Å²) in [7, 11) is 0. The van der Waals surface area contributed by atoms with Crippen LogP contribution in [0.25, 0.3) is 0 Å². The Morgan fingerprint density at radius 3 is 2.71 bits per heavy atom. The first-order valence-corrected chi connectivity index (χ1v) is 5.42. The van der Waals surface area contributed by atoms with Crippen molar-refractivity contribution in [1.82, 2.24) is 0 Å². The van der Waals surface area contributed by atoms with Crippen LogP contribution in [0.3, 0.4) is 0 Å². The van der Waals surface area contributed by atoms with E-state index in [1.807, 2.05) is 19.1 Å². The molecule has 17 heavy (non-hydrogen) atoms. The smallest absolute Gasteiger partial charge is 0.125 e. The molecule has 0 aromatic heterocycles. The van der Waals surface area contributed by atoms with Crippen molar-refractivity contribution in [2.45, 2.75) is 13.5 Å². The molecule has 0 bridgehead atoms. The van der Waals surface area contributed by atoms with E-state index in [9.17, 15) is 9.50 Å². The molecular formula is C14H14FNO. The number of aryl methyl sites for hydroxylation is 1. The Morgan fingerprint density at radius 2 is 2.00 bits per heavy atom. The summed E-state index contributed by atoms with van der Waals surface area (Å²) in [6, 6.07) is 11.8. The van der Waals surface area contributed by atoms with Crippen LogP contribution >= 0.6 is 0 Å².